The normalized spacial score (nSPS) is 38.0. The van der Waals surface area contributed by atoms with Gasteiger partial charge in [-0.15, -0.1) is 0 Å². The molecule has 2 aliphatic carbocycles. The average Bonchev–Trinajstić information content (AvgIpc) is 3.21. The molecule has 2 bridgehead atoms. The Kier molecular flexibility index (Phi) is 10.3. The summed E-state index contributed by atoms with van der Waals surface area (Å²) in [4.78, 5) is 18.9. The van der Waals surface area contributed by atoms with Crippen molar-refractivity contribution in [3.8, 4) is 5.75 Å². The summed E-state index contributed by atoms with van der Waals surface area (Å²) in [7, 11) is -1.06. The SMILES string of the molecule is C=S1(=O)NC(=O)c2ccc3c(c2)N(C[C@@H]2CC[C@H]2[C@](CN2C[C@@H](C)N[C@@H](C)C2)(OC)/C=C/C[C@H](C)[C@H]1C)C[C@@]1(CCCc2cc(Cl)ccc21)CO3. The Balaban J connectivity index is 1.32. The number of nitrogens with zero attached hydrogens (tertiary/aromatic N) is 2. The van der Waals surface area contributed by atoms with Gasteiger partial charge in [-0.3, -0.25) is 14.4 Å². The lowest BCUT2D eigenvalue weighted by Gasteiger charge is -2.52. The first-order valence-electron chi connectivity index (χ1n) is 19.0. The van der Waals surface area contributed by atoms with Crippen LogP contribution >= 0.6 is 11.6 Å². The van der Waals surface area contributed by atoms with Crippen LogP contribution in [-0.2, 0) is 26.3 Å². The van der Waals surface area contributed by atoms with Gasteiger partial charge in [0.1, 0.15) is 11.4 Å². The third-order valence-electron chi connectivity index (χ3n) is 12.9. The monoisotopic (exact) mass is 736 g/mol. The third kappa shape index (κ3) is 7.22. The van der Waals surface area contributed by atoms with E-state index in [1.807, 2.05) is 32.2 Å². The van der Waals surface area contributed by atoms with Gasteiger partial charge in [-0.05, 0) is 124 Å². The van der Waals surface area contributed by atoms with E-state index in [1.165, 1.54) is 11.1 Å². The number of allylic oxidation sites excluding steroid dienone is 1. The molecule has 7 rings (SSSR count). The highest BCUT2D eigenvalue weighted by Crippen LogP contribution is 2.49. The number of piperazine rings is 1. The summed E-state index contributed by atoms with van der Waals surface area (Å²) >= 11 is 6.51. The van der Waals surface area contributed by atoms with Gasteiger partial charge in [-0.2, -0.15) is 0 Å². The van der Waals surface area contributed by atoms with E-state index in [-0.39, 0.29) is 22.5 Å². The van der Waals surface area contributed by atoms with Crippen LogP contribution in [0.3, 0.4) is 0 Å². The number of carbonyl (C=O) groups is 1. The Morgan fingerprint density at radius 1 is 1.08 bits per heavy atom. The number of fused-ring (bicyclic) bond motifs is 4. The minimum Gasteiger partial charge on any atom is -0.490 e. The molecule has 1 saturated heterocycles. The number of anilines is 1. The first-order chi connectivity index (χ1) is 24.3. The maximum absolute atomic E-state index is 14.0. The summed E-state index contributed by atoms with van der Waals surface area (Å²) < 4.78 is 30.3. The number of nitrogens with one attached hydrogen (secondary N) is 2. The Morgan fingerprint density at radius 2 is 1.86 bits per heavy atom. The second-order valence-corrected chi connectivity index (χ2v) is 19.4. The predicted molar refractivity (Wildman–Crippen MR) is 210 cm³/mol. The standard InChI is InChI=1S/C41H57ClN4O4S/c1-27-9-7-18-41(49-5,25-45-21-28(2)43-29(3)22-45)36-14-11-33(36)23-46-24-40(17-8-10-31-19-34(42)13-15-35(31)40)26-50-38-16-12-32(20-37(38)46)39(47)44-51(6,48)30(27)4/h7,12-13,15-16,18-20,27-30,33,36,43H,6,8-11,14,17,21-26H2,1-5H3,(H,44,47,48)/b18-7+/t27-,28-,29+,30+,33-,36+,40-,41-,51?/m0/s1. The number of hydrogen-bond acceptors (Lipinski definition) is 7. The van der Waals surface area contributed by atoms with Crippen molar-refractivity contribution in [2.24, 2.45) is 17.8 Å². The van der Waals surface area contributed by atoms with Crippen molar-refractivity contribution in [2.45, 2.75) is 94.6 Å². The maximum Gasteiger partial charge on any atom is 0.262 e. The fraction of sp³-hybridized carbons (Fsp3) is 0.610. The number of rotatable bonds is 3. The zero-order chi connectivity index (χ0) is 36.1. The Morgan fingerprint density at radius 3 is 2.59 bits per heavy atom. The van der Waals surface area contributed by atoms with Crippen LogP contribution in [0.15, 0.2) is 48.6 Å². The van der Waals surface area contributed by atoms with E-state index in [2.05, 4.69) is 70.8 Å². The van der Waals surface area contributed by atoms with Crippen LogP contribution in [-0.4, -0.2) is 90.3 Å². The maximum atomic E-state index is 14.0. The fourth-order valence-electron chi connectivity index (χ4n) is 9.82. The molecule has 5 aliphatic rings. The molecule has 9 atom stereocenters. The second-order valence-electron chi connectivity index (χ2n) is 16.5. The first-order valence-corrected chi connectivity index (χ1v) is 21.2. The largest absolute Gasteiger partial charge is 0.490 e. The van der Waals surface area contributed by atoms with Gasteiger partial charge >= 0.3 is 0 Å². The molecule has 1 amide bonds. The Hall–Kier alpha value is -2.56. The summed E-state index contributed by atoms with van der Waals surface area (Å²) in [5.41, 5.74) is 3.30. The van der Waals surface area contributed by atoms with Gasteiger partial charge in [0.25, 0.3) is 5.91 Å². The zero-order valence-corrected chi connectivity index (χ0v) is 32.7. The quantitative estimate of drug-likeness (QED) is 0.285. The van der Waals surface area contributed by atoms with Crippen LogP contribution in [0.25, 0.3) is 0 Å². The van der Waals surface area contributed by atoms with Crippen molar-refractivity contribution in [3.63, 3.8) is 0 Å². The van der Waals surface area contributed by atoms with E-state index >= 15 is 0 Å². The highest BCUT2D eigenvalue weighted by molar-refractivity contribution is 7.99. The van der Waals surface area contributed by atoms with Crippen LogP contribution < -0.4 is 19.7 Å². The molecule has 2 aromatic carbocycles. The first kappa shape index (κ1) is 36.8. The van der Waals surface area contributed by atoms with Crippen LogP contribution in [0.4, 0.5) is 5.69 Å². The molecule has 278 valence electrons. The number of methoxy groups -OCH3 is 1. The number of benzene rings is 2. The van der Waals surface area contributed by atoms with Crippen molar-refractivity contribution in [2.75, 3.05) is 51.3 Å². The van der Waals surface area contributed by atoms with Crippen molar-refractivity contribution in [1.29, 1.82) is 0 Å². The minimum absolute atomic E-state index is 0.0332. The molecule has 8 nitrogen and oxygen atoms in total. The smallest absolute Gasteiger partial charge is 0.262 e. The van der Waals surface area contributed by atoms with Gasteiger partial charge in [0.2, 0.25) is 0 Å². The van der Waals surface area contributed by atoms with Crippen LogP contribution in [0, 0.1) is 17.8 Å². The predicted octanol–water partition coefficient (Wildman–Crippen LogP) is 6.25. The number of aryl methyl sites for hydroxylation is 1. The summed E-state index contributed by atoms with van der Waals surface area (Å²) in [6, 6.07) is 12.8. The summed E-state index contributed by atoms with van der Waals surface area (Å²) in [6.07, 6.45) is 10.6. The highest BCUT2D eigenvalue weighted by Gasteiger charge is 2.50. The lowest BCUT2D eigenvalue weighted by Crippen LogP contribution is -2.61. The van der Waals surface area contributed by atoms with E-state index in [0.29, 0.717) is 42.5 Å². The van der Waals surface area contributed by atoms with E-state index in [4.69, 9.17) is 21.1 Å². The average molecular weight is 737 g/mol. The molecule has 0 radical (unpaired) electrons. The number of amides is 1. The fourth-order valence-corrected chi connectivity index (χ4v) is 11.5. The lowest BCUT2D eigenvalue weighted by atomic mass is 9.63. The Bertz CT molecular complexity index is 1760. The highest BCUT2D eigenvalue weighted by atomic mass is 35.5. The van der Waals surface area contributed by atoms with Gasteiger partial charge in [0, 0.05) is 73.2 Å². The summed E-state index contributed by atoms with van der Waals surface area (Å²) in [5.74, 6) is 5.21. The second kappa shape index (κ2) is 14.3. The molecular weight excluding hydrogens is 680 g/mol. The van der Waals surface area contributed by atoms with Crippen LogP contribution in [0.5, 0.6) is 5.75 Å². The molecule has 51 heavy (non-hydrogen) atoms. The zero-order valence-electron chi connectivity index (χ0n) is 31.1. The van der Waals surface area contributed by atoms with E-state index < -0.39 is 15.3 Å². The van der Waals surface area contributed by atoms with Crippen LogP contribution in [0.2, 0.25) is 5.02 Å². The number of halogens is 1. The number of hydrogen-bond donors (Lipinski definition) is 2. The number of carbonyl (C=O) groups excluding carboxylic acids is 1. The molecular formula is C41H57ClN4O4S. The molecule has 1 spiro atoms. The Labute approximate surface area is 310 Å². The molecule has 1 saturated carbocycles. The molecule has 3 heterocycles. The topological polar surface area (TPSA) is 83.1 Å². The minimum atomic E-state index is -2.95. The molecule has 2 aromatic rings. The van der Waals surface area contributed by atoms with Gasteiger partial charge < -0.3 is 19.7 Å². The molecule has 0 aromatic heterocycles. The van der Waals surface area contributed by atoms with Gasteiger partial charge in [0.05, 0.1) is 22.0 Å². The summed E-state index contributed by atoms with van der Waals surface area (Å²) in [5, 5.41) is 4.13. The van der Waals surface area contributed by atoms with Gasteiger partial charge in [-0.25, -0.2) is 4.21 Å². The van der Waals surface area contributed by atoms with Gasteiger partial charge in [-0.1, -0.05) is 36.7 Å². The van der Waals surface area contributed by atoms with Crippen molar-refractivity contribution in [3.05, 3.63) is 70.3 Å². The van der Waals surface area contributed by atoms with E-state index in [1.54, 1.807) is 6.07 Å². The third-order valence-corrected chi connectivity index (χ3v) is 15.3. The van der Waals surface area contributed by atoms with E-state index in [9.17, 15) is 9.00 Å². The molecule has 1 unspecified atom stereocenters. The number of ether oxygens (including phenoxy) is 2. The summed E-state index contributed by atoms with van der Waals surface area (Å²) in [6.45, 7) is 13.5. The lowest BCUT2D eigenvalue weighted by molar-refractivity contribution is -0.0951. The van der Waals surface area contributed by atoms with Crippen molar-refractivity contribution >= 4 is 38.8 Å². The van der Waals surface area contributed by atoms with Crippen molar-refractivity contribution in [1.82, 2.24) is 14.9 Å². The van der Waals surface area contributed by atoms with Crippen molar-refractivity contribution < 1.29 is 18.5 Å². The molecule has 2 N–H and O–H groups in total. The van der Waals surface area contributed by atoms with E-state index in [0.717, 1.165) is 81.3 Å². The molecule has 10 heteroatoms. The molecule has 2 fully saturated rings. The van der Waals surface area contributed by atoms with Gasteiger partial charge in [0.15, 0.2) is 0 Å². The molecule has 3 aliphatic heterocycles. The van der Waals surface area contributed by atoms with Crippen LogP contribution in [0.1, 0.15) is 81.3 Å².